The first kappa shape index (κ1) is 80.1. The summed E-state index contributed by atoms with van der Waals surface area (Å²) in [6, 6.07) is -0.629. The average molecular weight is 1150 g/mol. The summed E-state index contributed by atoms with van der Waals surface area (Å²) in [6.07, 6.45) is 92.3. The quantitative estimate of drug-likeness (QED) is 0.0320. The molecule has 0 aliphatic heterocycles. The lowest BCUT2D eigenvalue weighted by Crippen LogP contribution is -2.45. The maximum absolute atomic E-state index is 12.5. The summed E-state index contributed by atoms with van der Waals surface area (Å²) in [5, 5.41) is 23.3. The fourth-order valence-corrected chi connectivity index (χ4v) is 11.7. The Bertz CT molecular complexity index is 1330. The highest BCUT2D eigenvalue weighted by molar-refractivity contribution is 5.76. The molecule has 484 valence electrons. The molecule has 0 fully saturated rings. The van der Waals surface area contributed by atoms with Crippen LogP contribution in [0.4, 0.5) is 0 Å². The molecule has 1 amide bonds. The second-order valence-electron chi connectivity index (χ2n) is 25.6. The number of aliphatic hydroxyl groups excluding tert-OH is 2. The van der Waals surface area contributed by atoms with E-state index < -0.39 is 12.1 Å². The van der Waals surface area contributed by atoms with E-state index in [0.29, 0.717) is 19.4 Å². The molecule has 0 aliphatic carbocycles. The van der Waals surface area contributed by atoms with Gasteiger partial charge in [-0.2, -0.15) is 0 Å². The van der Waals surface area contributed by atoms with Gasteiger partial charge in [0, 0.05) is 12.8 Å². The Kier molecular flexibility index (Phi) is 69.9. The van der Waals surface area contributed by atoms with Gasteiger partial charge in [-0.05, 0) is 64.2 Å². The predicted octanol–water partition coefficient (Wildman–Crippen LogP) is 24.3. The first-order valence-corrected chi connectivity index (χ1v) is 37.3. The van der Waals surface area contributed by atoms with Gasteiger partial charge < -0.3 is 20.3 Å². The van der Waals surface area contributed by atoms with Crippen molar-refractivity contribution in [1.29, 1.82) is 0 Å². The first-order valence-electron chi connectivity index (χ1n) is 37.3. The fourth-order valence-electron chi connectivity index (χ4n) is 11.7. The van der Waals surface area contributed by atoms with Crippen molar-refractivity contribution >= 4 is 11.9 Å². The van der Waals surface area contributed by atoms with Gasteiger partial charge in [-0.15, -0.1) is 0 Å². The van der Waals surface area contributed by atoms with Crippen LogP contribution in [-0.4, -0.2) is 47.4 Å². The molecule has 2 unspecified atom stereocenters. The second-order valence-corrected chi connectivity index (χ2v) is 25.6. The summed E-state index contributed by atoms with van der Waals surface area (Å²) in [4.78, 5) is 24.6. The Morgan fingerprint density at radius 2 is 0.610 bits per heavy atom. The molecule has 0 heterocycles. The molecule has 0 saturated carbocycles. The molecule has 0 bridgehead atoms. The summed E-state index contributed by atoms with van der Waals surface area (Å²) in [7, 11) is 0. The van der Waals surface area contributed by atoms with Crippen molar-refractivity contribution in [1.82, 2.24) is 5.32 Å². The number of carbonyl (C=O) groups is 2. The van der Waals surface area contributed by atoms with Gasteiger partial charge in [0.05, 0.1) is 25.4 Å². The standard InChI is InChI=1S/C76H145NO5/c1-3-5-7-9-11-13-15-17-19-21-22-23-24-27-30-33-37-40-44-48-52-56-60-64-68-74(79)73(72-78)77-75(80)69-65-61-57-53-49-45-41-38-34-31-28-25-26-29-32-35-39-43-47-51-55-59-63-67-71-82-76(81)70-66-62-58-54-50-46-42-36-20-18-16-14-12-10-8-6-4-2/h12,14,18,20,64,68,73-74,78-79H,3-11,13,15-17,19,21-63,65-67,69-72H2,1-2H3,(H,77,80)/b14-12-,20-18-,68-64+. The van der Waals surface area contributed by atoms with Gasteiger partial charge in [-0.25, -0.2) is 0 Å². The Labute approximate surface area is 513 Å². The number of hydrogen-bond acceptors (Lipinski definition) is 5. The highest BCUT2D eigenvalue weighted by atomic mass is 16.5. The lowest BCUT2D eigenvalue weighted by Gasteiger charge is -2.20. The van der Waals surface area contributed by atoms with Crippen molar-refractivity contribution in [2.45, 2.75) is 424 Å². The van der Waals surface area contributed by atoms with Crippen LogP contribution in [-0.2, 0) is 14.3 Å². The fraction of sp³-hybridized carbons (Fsp3) is 0.895. The molecular formula is C76H145NO5. The Hall–Kier alpha value is -1.92. The highest BCUT2D eigenvalue weighted by Crippen LogP contribution is 2.19. The molecule has 0 radical (unpaired) electrons. The number of ether oxygens (including phenoxy) is 1. The number of carbonyl (C=O) groups excluding carboxylic acids is 2. The number of nitrogens with one attached hydrogen (secondary N) is 1. The van der Waals surface area contributed by atoms with Crippen LogP contribution in [0.1, 0.15) is 412 Å². The third-order valence-corrected chi connectivity index (χ3v) is 17.4. The Balaban J connectivity index is 3.39. The van der Waals surface area contributed by atoms with Gasteiger partial charge >= 0.3 is 5.97 Å². The monoisotopic (exact) mass is 1150 g/mol. The van der Waals surface area contributed by atoms with Crippen molar-refractivity contribution in [2.75, 3.05) is 13.2 Å². The van der Waals surface area contributed by atoms with Crippen LogP contribution in [0, 0.1) is 0 Å². The molecule has 0 aromatic heterocycles. The van der Waals surface area contributed by atoms with Crippen LogP contribution in [0.15, 0.2) is 36.5 Å². The van der Waals surface area contributed by atoms with Gasteiger partial charge in [-0.1, -0.05) is 371 Å². The summed E-state index contributed by atoms with van der Waals surface area (Å²) < 4.78 is 5.50. The Morgan fingerprint density at radius 3 is 0.951 bits per heavy atom. The van der Waals surface area contributed by atoms with Crippen LogP contribution in [0.2, 0.25) is 0 Å². The van der Waals surface area contributed by atoms with Crippen molar-refractivity contribution in [3.63, 3.8) is 0 Å². The van der Waals surface area contributed by atoms with Crippen molar-refractivity contribution in [3.8, 4) is 0 Å². The molecule has 82 heavy (non-hydrogen) atoms. The van der Waals surface area contributed by atoms with E-state index in [1.165, 1.54) is 334 Å². The van der Waals surface area contributed by atoms with Crippen molar-refractivity contribution < 1.29 is 24.5 Å². The largest absolute Gasteiger partial charge is 0.466 e. The van der Waals surface area contributed by atoms with Crippen LogP contribution in [0.25, 0.3) is 0 Å². The summed E-state index contributed by atoms with van der Waals surface area (Å²) in [5.41, 5.74) is 0. The average Bonchev–Trinajstić information content (AvgIpc) is 3.48. The molecule has 0 aromatic carbocycles. The zero-order valence-electron chi connectivity index (χ0n) is 55.5. The van der Waals surface area contributed by atoms with Gasteiger partial charge in [0.2, 0.25) is 5.91 Å². The van der Waals surface area contributed by atoms with Crippen molar-refractivity contribution in [3.05, 3.63) is 36.5 Å². The third kappa shape index (κ3) is 67.2. The molecule has 0 aromatic rings. The molecule has 3 N–H and O–H groups in total. The smallest absolute Gasteiger partial charge is 0.305 e. The molecule has 0 spiro atoms. The van der Waals surface area contributed by atoms with Crippen LogP contribution < -0.4 is 5.32 Å². The zero-order chi connectivity index (χ0) is 59.2. The maximum Gasteiger partial charge on any atom is 0.305 e. The van der Waals surface area contributed by atoms with Crippen LogP contribution >= 0.6 is 0 Å². The molecule has 2 atom stereocenters. The SMILES string of the molecule is CCCCC/C=C\C/C=C\CCCCCCCCCC(=O)OCCCCCCCCCCCCCCCCCCCCCCCCCCC(=O)NC(CO)C(O)/C=C/CCCCCCCCCCCCCCCCCCCCCCCC. The van der Waals surface area contributed by atoms with E-state index in [1.54, 1.807) is 6.08 Å². The molecular weight excluding hydrogens is 1010 g/mol. The van der Waals surface area contributed by atoms with E-state index in [1.807, 2.05) is 6.08 Å². The Morgan fingerprint density at radius 1 is 0.341 bits per heavy atom. The van der Waals surface area contributed by atoms with E-state index in [4.69, 9.17) is 4.74 Å². The van der Waals surface area contributed by atoms with Crippen LogP contribution in [0.3, 0.4) is 0 Å². The van der Waals surface area contributed by atoms with Gasteiger partial charge in [0.25, 0.3) is 0 Å². The summed E-state index contributed by atoms with van der Waals surface area (Å²) in [6.45, 7) is 4.92. The molecule has 0 saturated heterocycles. The second kappa shape index (κ2) is 71.6. The van der Waals surface area contributed by atoms with Gasteiger partial charge in [0.1, 0.15) is 0 Å². The number of esters is 1. The van der Waals surface area contributed by atoms with E-state index >= 15 is 0 Å². The lowest BCUT2D eigenvalue weighted by atomic mass is 10.0. The number of aliphatic hydroxyl groups is 2. The zero-order valence-corrected chi connectivity index (χ0v) is 55.5. The van der Waals surface area contributed by atoms with E-state index in [9.17, 15) is 19.8 Å². The van der Waals surface area contributed by atoms with Crippen LogP contribution in [0.5, 0.6) is 0 Å². The van der Waals surface area contributed by atoms with E-state index in [-0.39, 0.29) is 18.5 Å². The summed E-state index contributed by atoms with van der Waals surface area (Å²) >= 11 is 0. The minimum absolute atomic E-state index is 0.00797. The number of allylic oxidation sites excluding steroid dienone is 5. The molecule has 0 rings (SSSR count). The lowest BCUT2D eigenvalue weighted by molar-refractivity contribution is -0.143. The van der Waals surface area contributed by atoms with E-state index in [2.05, 4.69) is 43.5 Å². The maximum atomic E-state index is 12.5. The highest BCUT2D eigenvalue weighted by Gasteiger charge is 2.18. The minimum atomic E-state index is -0.846. The molecule has 6 heteroatoms. The molecule has 0 aliphatic rings. The van der Waals surface area contributed by atoms with E-state index in [0.717, 1.165) is 51.4 Å². The number of amides is 1. The topological polar surface area (TPSA) is 95.9 Å². The summed E-state index contributed by atoms with van der Waals surface area (Å²) in [5.74, 6) is -0.0545. The minimum Gasteiger partial charge on any atom is -0.466 e. The number of rotatable bonds is 70. The number of unbranched alkanes of at least 4 members (excludes halogenated alkanes) is 55. The third-order valence-electron chi connectivity index (χ3n) is 17.4. The van der Waals surface area contributed by atoms with Crippen molar-refractivity contribution in [2.24, 2.45) is 0 Å². The van der Waals surface area contributed by atoms with Gasteiger partial charge in [-0.3, -0.25) is 9.59 Å². The normalized spacial score (nSPS) is 12.7. The van der Waals surface area contributed by atoms with Gasteiger partial charge in [0.15, 0.2) is 0 Å². The first-order chi connectivity index (χ1) is 40.5. The molecule has 6 nitrogen and oxygen atoms in total. The predicted molar refractivity (Wildman–Crippen MR) is 361 cm³/mol. The number of hydrogen-bond donors (Lipinski definition) is 3.